The Balaban J connectivity index is 1.77. The lowest BCUT2D eigenvalue weighted by atomic mass is 10.2. The Morgan fingerprint density at radius 2 is 1.83 bits per heavy atom. The lowest BCUT2D eigenvalue weighted by Gasteiger charge is -2.07. The van der Waals surface area contributed by atoms with Gasteiger partial charge < -0.3 is 9.84 Å². The van der Waals surface area contributed by atoms with Gasteiger partial charge >= 0.3 is 0 Å². The van der Waals surface area contributed by atoms with E-state index in [9.17, 15) is 13.5 Å². The highest BCUT2D eigenvalue weighted by atomic mass is 79.9. The van der Waals surface area contributed by atoms with Crippen molar-refractivity contribution in [1.82, 2.24) is 10.2 Å². The van der Waals surface area contributed by atoms with E-state index >= 15 is 0 Å². The number of phenolic OH excluding ortho intramolecular Hbond substituents is 1. The number of nitrogens with one attached hydrogen (secondary N) is 1. The van der Waals surface area contributed by atoms with Gasteiger partial charge in [-0.15, -0.1) is 10.2 Å². The Morgan fingerprint density at radius 3 is 2.45 bits per heavy atom. The number of rotatable bonds is 6. The lowest BCUT2D eigenvalue weighted by molar-refractivity contribution is 0.392. The quantitative estimate of drug-likeness (QED) is 0.450. The van der Waals surface area contributed by atoms with Gasteiger partial charge in [0, 0.05) is 22.3 Å². The molecule has 0 radical (unpaired) electrons. The standard InChI is InChI=1S/C18H14Br2N4O4S/c1-28-17-7-6-16(22-23-17)24-29(26,27)14-4-2-13(3-5-14)21-10-11-8-12(19)9-15(20)18(11)25/h2-10,25H,1H3,(H,22,24)/b21-10+. The van der Waals surface area contributed by atoms with Crippen molar-refractivity contribution in [3.63, 3.8) is 0 Å². The Kier molecular flexibility index (Phi) is 6.50. The van der Waals surface area contributed by atoms with E-state index in [1.807, 2.05) is 0 Å². The number of hydrogen-bond acceptors (Lipinski definition) is 7. The van der Waals surface area contributed by atoms with Crippen molar-refractivity contribution >= 4 is 59.6 Å². The van der Waals surface area contributed by atoms with Crippen LogP contribution in [0, 0.1) is 0 Å². The lowest BCUT2D eigenvalue weighted by Crippen LogP contribution is -2.14. The van der Waals surface area contributed by atoms with Crippen molar-refractivity contribution < 1.29 is 18.3 Å². The minimum absolute atomic E-state index is 0.0436. The maximum atomic E-state index is 12.5. The second kappa shape index (κ2) is 8.89. The Morgan fingerprint density at radius 1 is 1.10 bits per heavy atom. The van der Waals surface area contributed by atoms with Crippen LogP contribution in [-0.4, -0.2) is 37.0 Å². The fourth-order valence-electron chi connectivity index (χ4n) is 2.22. The summed E-state index contributed by atoms with van der Waals surface area (Å²) < 4.78 is 33.5. The number of halogens is 2. The minimum atomic E-state index is -3.83. The molecule has 0 aliphatic carbocycles. The second-order valence-electron chi connectivity index (χ2n) is 5.64. The van der Waals surface area contributed by atoms with Gasteiger partial charge in [-0.1, -0.05) is 15.9 Å². The number of methoxy groups -OCH3 is 1. The highest BCUT2D eigenvalue weighted by Gasteiger charge is 2.15. The summed E-state index contributed by atoms with van der Waals surface area (Å²) >= 11 is 6.60. The monoisotopic (exact) mass is 540 g/mol. The molecule has 0 aliphatic heterocycles. The Bertz CT molecular complexity index is 1150. The molecule has 3 rings (SSSR count). The third-order valence-electron chi connectivity index (χ3n) is 3.65. The summed E-state index contributed by atoms with van der Waals surface area (Å²) in [6.45, 7) is 0. The molecule has 1 aromatic heterocycles. The zero-order chi connectivity index (χ0) is 21.0. The van der Waals surface area contributed by atoms with Crippen LogP contribution in [0.15, 0.2) is 67.4 Å². The molecule has 3 aromatic rings. The zero-order valence-corrected chi connectivity index (χ0v) is 18.9. The highest BCUT2D eigenvalue weighted by Crippen LogP contribution is 2.31. The van der Waals surface area contributed by atoms with Crippen LogP contribution in [0.4, 0.5) is 11.5 Å². The maximum Gasteiger partial charge on any atom is 0.263 e. The molecule has 150 valence electrons. The van der Waals surface area contributed by atoms with Gasteiger partial charge in [0.15, 0.2) is 5.82 Å². The van der Waals surface area contributed by atoms with Crippen LogP contribution < -0.4 is 9.46 Å². The first-order valence-corrected chi connectivity index (χ1v) is 11.1. The van der Waals surface area contributed by atoms with Crippen LogP contribution in [0.3, 0.4) is 0 Å². The average molecular weight is 542 g/mol. The number of nitrogens with zero attached hydrogens (tertiary/aromatic N) is 3. The second-order valence-corrected chi connectivity index (χ2v) is 9.10. The molecule has 0 unspecified atom stereocenters. The molecule has 0 aliphatic rings. The average Bonchev–Trinajstić information content (AvgIpc) is 2.70. The molecule has 0 saturated heterocycles. The third-order valence-corrected chi connectivity index (χ3v) is 6.08. The van der Waals surface area contributed by atoms with E-state index in [1.165, 1.54) is 37.6 Å². The summed E-state index contributed by atoms with van der Waals surface area (Å²) in [6.07, 6.45) is 1.49. The first-order valence-electron chi connectivity index (χ1n) is 8.01. The summed E-state index contributed by atoms with van der Waals surface area (Å²) in [5.41, 5.74) is 1.02. The first kappa shape index (κ1) is 21.2. The van der Waals surface area contributed by atoms with Crippen molar-refractivity contribution in [3.05, 3.63) is 63.0 Å². The molecule has 2 N–H and O–H groups in total. The van der Waals surface area contributed by atoms with Crippen LogP contribution in [0.1, 0.15) is 5.56 Å². The van der Waals surface area contributed by atoms with Gasteiger partial charge in [0.05, 0.1) is 22.2 Å². The smallest absolute Gasteiger partial charge is 0.263 e. The molecule has 2 aromatic carbocycles. The maximum absolute atomic E-state index is 12.5. The summed E-state index contributed by atoms with van der Waals surface area (Å²) in [5.74, 6) is 0.406. The molecule has 29 heavy (non-hydrogen) atoms. The predicted octanol–water partition coefficient (Wildman–Crippen LogP) is 4.27. The van der Waals surface area contributed by atoms with E-state index in [4.69, 9.17) is 4.74 Å². The van der Waals surface area contributed by atoms with E-state index in [0.717, 1.165) is 4.47 Å². The van der Waals surface area contributed by atoms with Gasteiger partial charge in [0.25, 0.3) is 10.0 Å². The number of sulfonamides is 1. The van der Waals surface area contributed by atoms with Crippen LogP contribution in [0.2, 0.25) is 0 Å². The molecule has 0 saturated carbocycles. The summed E-state index contributed by atoms with van der Waals surface area (Å²) in [6, 6.07) is 12.3. The van der Waals surface area contributed by atoms with Gasteiger partial charge in [-0.2, -0.15) is 0 Å². The van der Waals surface area contributed by atoms with E-state index in [1.54, 1.807) is 24.3 Å². The summed E-state index contributed by atoms with van der Waals surface area (Å²) in [4.78, 5) is 4.31. The summed E-state index contributed by atoms with van der Waals surface area (Å²) in [5, 5.41) is 17.5. The number of benzene rings is 2. The largest absolute Gasteiger partial charge is 0.506 e. The van der Waals surface area contributed by atoms with E-state index < -0.39 is 10.0 Å². The molecule has 0 spiro atoms. The zero-order valence-electron chi connectivity index (χ0n) is 14.9. The first-order chi connectivity index (χ1) is 13.8. The fourth-order valence-corrected chi connectivity index (χ4v) is 4.47. The normalized spacial score (nSPS) is 11.6. The number of hydrogen-bond donors (Lipinski definition) is 2. The third kappa shape index (κ3) is 5.31. The molecule has 0 fully saturated rings. The predicted molar refractivity (Wildman–Crippen MR) is 117 cm³/mol. The number of anilines is 1. The number of phenols is 1. The minimum Gasteiger partial charge on any atom is -0.506 e. The molecule has 11 heteroatoms. The van der Waals surface area contributed by atoms with E-state index in [2.05, 4.69) is 51.8 Å². The van der Waals surface area contributed by atoms with Crippen LogP contribution >= 0.6 is 31.9 Å². The van der Waals surface area contributed by atoms with Crippen LogP contribution in [-0.2, 0) is 10.0 Å². The molecular formula is C18H14Br2N4O4S. The molecule has 1 heterocycles. The Labute approximate surface area is 184 Å². The van der Waals surface area contributed by atoms with Crippen molar-refractivity contribution in [2.24, 2.45) is 4.99 Å². The van der Waals surface area contributed by atoms with Gasteiger partial charge in [-0.05, 0) is 58.4 Å². The van der Waals surface area contributed by atoms with Gasteiger partial charge in [0.1, 0.15) is 5.75 Å². The number of aromatic nitrogens is 2. The van der Waals surface area contributed by atoms with Gasteiger partial charge in [-0.3, -0.25) is 9.71 Å². The Hall–Kier alpha value is -2.50. The van der Waals surface area contributed by atoms with Gasteiger partial charge in [0.2, 0.25) is 5.88 Å². The van der Waals surface area contributed by atoms with Crippen molar-refractivity contribution in [1.29, 1.82) is 0 Å². The number of aromatic hydroxyl groups is 1. The number of aliphatic imine (C=N–C) groups is 1. The molecule has 8 nitrogen and oxygen atoms in total. The molecule has 0 atom stereocenters. The summed E-state index contributed by atoms with van der Waals surface area (Å²) in [7, 11) is -2.39. The number of ether oxygens (including phenoxy) is 1. The fraction of sp³-hybridized carbons (Fsp3) is 0.0556. The van der Waals surface area contributed by atoms with Crippen LogP contribution in [0.25, 0.3) is 0 Å². The topological polar surface area (TPSA) is 114 Å². The van der Waals surface area contributed by atoms with Crippen molar-refractivity contribution in [2.45, 2.75) is 4.90 Å². The SMILES string of the molecule is COc1ccc(NS(=O)(=O)c2ccc(/N=C/c3cc(Br)cc(Br)c3O)cc2)nn1. The van der Waals surface area contributed by atoms with E-state index in [0.29, 0.717) is 15.7 Å². The molecular weight excluding hydrogens is 528 g/mol. The van der Waals surface area contributed by atoms with Crippen LogP contribution in [0.5, 0.6) is 11.6 Å². The molecule has 0 amide bonds. The van der Waals surface area contributed by atoms with Gasteiger partial charge in [-0.25, -0.2) is 8.42 Å². The highest BCUT2D eigenvalue weighted by molar-refractivity contribution is 9.11. The molecule has 0 bridgehead atoms. The van der Waals surface area contributed by atoms with Crippen molar-refractivity contribution in [2.75, 3.05) is 11.8 Å². The van der Waals surface area contributed by atoms with Crippen molar-refractivity contribution in [3.8, 4) is 11.6 Å². The van der Waals surface area contributed by atoms with E-state index in [-0.39, 0.29) is 22.3 Å².